The quantitative estimate of drug-likeness (QED) is 0.309. The molecule has 0 N–H and O–H groups in total. The van der Waals surface area contributed by atoms with Gasteiger partial charge in [0.2, 0.25) is 0 Å². The molecule has 0 aliphatic carbocycles. The molecule has 0 aromatic carbocycles. The summed E-state index contributed by atoms with van der Waals surface area (Å²) < 4.78 is 4.69. The van der Waals surface area contributed by atoms with Crippen LogP contribution in [-0.2, 0) is 9.53 Å². The molecule has 0 amide bonds. The summed E-state index contributed by atoms with van der Waals surface area (Å²) in [5, 5.41) is -0.286. The Morgan fingerprint density at radius 3 is 2.89 bits per heavy atom. The van der Waals surface area contributed by atoms with E-state index < -0.39 is 0 Å². The van der Waals surface area contributed by atoms with Crippen LogP contribution in [0.25, 0.3) is 0 Å². The summed E-state index contributed by atoms with van der Waals surface area (Å²) in [7, 11) is 0. The Labute approximate surface area is 59.3 Å². The average Bonchev–Trinajstić information content (AvgIpc) is 1.80. The van der Waals surface area contributed by atoms with Crippen LogP contribution in [0.3, 0.4) is 0 Å². The van der Waals surface area contributed by atoms with Crippen molar-refractivity contribution < 1.29 is 9.53 Å². The second kappa shape index (κ2) is 2.43. The van der Waals surface area contributed by atoms with Gasteiger partial charge in [0.25, 0.3) is 0 Å². The van der Waals surface area contributed by atoms with Crippen LogP contribution in [0.2, 0.25) is 0 Å². The van der Waals surface area contributed by atoms with Gasteiger partial charge in [-0.05, 0) is 12.0 Å². The number of hydrogen-bond acceptors (Lipinski definition) is 3. The third-order valence-electron chi connectivity index (χ3n) is 1.17. The molecule has 1 atom stereocenters. The van der Waals surface area contributed by atoms with Gasteiger partial charge in [-0.3, -0.25) is 4.79 Å². The molecular formula is C6H8O2S. The van der Waals surface area contributed by atoms with Gasteiger partial charge in [0.05, 0.1) is 0 Å². The summed E-state index contributed by atoms with van der Waals surface area (Å²) in [5.74, 6) is -0.231. The smallest absolute Gasteiger partial charge is 0.319 e. The van der Waals surface area contributed by atoms with E-state index in [9.17, 15) is 4.79 Å². The zero-order valence-electron chi connectivity index (χ0n) is 4.96. The molecule has 0 aromatic rings. The van der Waals surface area contributed by atoms with Crippen molar-refractivity contribution >= 4 is 18.6 Å². The maximum atomic E-state index is 10.6. The molecule has 0 radical (unpaired) electrons. The number of carbonyl (C=O) groups is 1. The largest absolute Gasteiger partial charge is 0.460 e. The Hall–Kier alpha value is -0.440. The van der Waals surface area contributed by atoms with Crippen LogP contribution < -0.4 is 0 Å². The fraction of sp³-hybridized carbons (Fsp3) is 0.500. The van der Waals surface area contributed by atoms with Crippen molar-refractivity contribution in [3.63, 3.8) is 0 Å². The Morgan fingerprint density at radius 1 is 1.78 bits per heavy atom. The van der Waals surface area contributed by atoms with Gasteiger partial charge in [-0.25, -0.2) is 0 Å². The predicted molar refractivity (Wildman–Crippen MR) is 37.5 cm³/mol. The molecule has 1 saturated heterocycles. The van der Waals surface area contributed by atoms with Crippen molar-refractivity contribution in [2.75, 3.05) is 6.61 Å². The minimum absolute atomic E-state index is 0.231. The van der Waals surface area contributed by atoms with Gasteiger partial charge in [0, 0.05) is 0 Å². The van der Waals surface area contributed by atoms with Crippen molar-refractivity contribution in [1.29, 1.82) is 0 Å². The second-order valence-corrected chi connectivity index (χ2v) is 2.70. The van der Waals surface area contributed by atoms with Crippen LogP contribution in [0.5, 0.6) is 0 Å². The third kappa shape index (κ3) is 1.48. The molecule has 0 saturated carbocycles. The number of thiol groups is 1. The van der Waals surface area contributed by atoms with E-state index in [1.165, 1.54) is 0 Å². The first-order chi connectivity index (χ1) is 4.20. The van der Waals surface area contributed by atoms with Gasteiger partial charge in [-0.2, -0.15) is 12.6 Å². The van der Waals surface area contributed by atoms with Crippen LogP contribution in [0.4, 0.5) is 0 Å². The summed E-state index contributed by atoms with van der Waals surface area (Å²) >= 11 is 3.98. The topological polar surface area (TPSA) is 26.3 Å². The Morgan fingerprint density at radius 2 is 2.44 bits per heavy atom. The summed E-state index contributed by atoms with van der Waals surface area (Å²) in [5.41, 5.74) is 0.939. The van der Waals surface area contributed by atoms with Gasteiger partial charge >= 0.3 is 5.97 Å². The Bertz CT molecular complexity index is 153. The first kappa shape index (κ1) is 6.68. The van der Waals surface area contributed by atoms with Crippen LogP contribution in [0.15, 0.2) is 12.2 Å². The minimum Gasteiger partial charge on any atom is -0.460 e. The van der Waals surface area contributed by atoms with E-state index in [4.69, 9.17) is 0 Å². The predicted octanol–water partition coefficient (Wildman–Crippen LogP) is 0.788. The zero-order valence-corrected chi connectivity index (χ0v) is 5.86. The van der Waals surface area contributed by atoms with E-state index in [0.29, 0.717) is 13.0 Å². The molecule has 1 aliphatic heterocycles. The minimum atomic E-state index is -0.286. The lowest BCUT2D eigenvalue weighted by molar-refractivity contribution is -0.143. The number of ether oxygens (including phenoxy) is 1. The van der Waals surface area contributed by atoms with Gasteiger partial charge in [0.1, 0.15) is 11.9 Å². The molecule has 1 aliphatic rings. The summed E-state index contributed by atoms with van der Waals surface area (Å²) in [6, 6.07) is 0. The first-order valence-corrected chi connectivity index (χ1v) is 3.23. The fourth-order valence-corrected chi connectivity index (χ4v) is 1.02. The first-order valence-electron chi connectivity index (χ1n) is 2.71. The highest BCUT2D eigenvalue weighted by molar-refractivity contribution is 7.81. The van der Waals surface area contributed by atoms with Gasteiger partial charge in [-0.1, -0.05) is 6.58 Å². The van der Waals surface area contributed by atoms with E-state index in [1.54, 1.807) is 0 Å². The summed E-state index contributed by atoms with van der Waals surface area (Å²) in [6.07, 6.45) is 0.655. The van der Waals surface area contributed by atoms with E-state index >= 15 is 0 Å². The maximum Gasteiger partial charge on any atom is 0.319 e. The second-order valence-electron chi connectivity index (χ2n) is 2.08. The van der Waals surface area contributed by atoms with Crippen molar-refractivity contribution in [3.8, 4) is 0 Å². The highest BCUT2D eigenvalue weighted by Crippen LogP contribution is 2.16. The molecule has 1 unspecified atom stereocenters. The SMILES string of the molecule is C=C1COC(=O)C(S)C1. The lowest BCUT2D eigenvalue weighted by Gasteiger charge is -2.17. The standard InChI is InChI=1S/C6H8O2S/c1-4-2-5(9)6(7)8-3-4/h5,9H,1-3H2. The number of hydrogen-bond donors (Lipinski definition) is 1. The Kier molecular flexibility index (Phi) is 1.81. The van der Waals surface area contributed by atoms with Crippen LogP contribution >= 0.6 is 12.6 Å². The molecule has 1 heterocycles. The number of esters is 1. The molecule has 0 aromatic heterocycles. The zero-order chi connectivity index (χ0) is 6.85. The molecule has 50 valence electrons. The fourth-order valence-electron chi connectivity index (χ4n) is 0.685. The van der Waals surface area contributed by atoms with Crippen LogP contribution in [0.1, 0.15) is 6.42 Å². The number of rotatable bonds is 0. The number of carbonyl (C=O) groups excluding carboxylic acids is 1. The molecule has 1 rings (SSSR count). The lowest BCUT2D eigenvalue weighted by Crippen LogP contribution is -2.25. The summed E-state index contributed by atoms with van der Waals surface area (Å²) in [4.78, 5) is 10.6. The summed E-state index contributed by atoms with van der Waals surface area (Å²) in [6.45, 7) is 4.04. The lowest BCUT2D eigenvalue weighted by atomic mass is 10.1. The molecule has 3 heteroatoms. The van der Waals surface area contributed by atoms with Gasteiger partial charge in [0.15, 0.2) is 0 Å². The van der Waals surface area contributed by atoms with E-state index in [0.717, 1.165) is 5.57 Å². The third-order valence-corrected chi connectivity index (χ3v) is 1.57. The monoisotopic (exact) mass is 144 g/mol. The van der Waals surface area contributed by atoms with E-state index in [2.05, 4.69) is 23.9 Å². The number of cyclic esters (lactones) is 1. The molecule has 9 heavy (non-hydrogen) atoms. The Balaban J connectivity index is 2.54. The van der Waals surface area contributed by atoms with E-state index in [1.807, 2.05) is 0 Å². The van der Waals surface area contributed by atoms with E-state index in [-0.39, 0.29) is 11.2 Å². The molecule has 1 fully saturated rings. The van der Waals surface area contributed by atoms with Crippen molar-refractivity contribution in [2.24, 2.45) is 0 Å². The van der Waals surface area contributed by atoms with Gasteiger partial charge in [-0.15, -0.1) is 0 Å². The molecular weight excluding hydrogens is 136 g/mol. The highest BCUT2D eigenvalue weighted by Gasteiger charge is 2.21. The molecule has 0 spiro atoms. The van der Waals surface area contributed by atoms with Crippen LogP contribution in [-0.4, -0.2) is 17.8 Å². The maximum absolute atomic E-state index is 10.6. The van der Waals surface area contributed by atoms with Crippen molar-refractivity contribution in [2.45, 2.75) is 11.7 Å². The van der Waals surface area contributed by atoms with Gasteiger partial charge < -0.3 is 4.74 Å². The van der Waals surface area contributed by atoms with Crippen LogP contribution in [0, 0.1) is 0 Å². The highest BCUT2D eigenvalue weighted by atomic mass is 32.1. The van der Waals surface area contributed by atoms with Crippen molar-refractivity contribution in [1.82, 2.24) is 0 Å². The normalized spacial score (nSPS) is 27.9. The average molecular weight is 144 g/mol. The van der Waals surface area contributed by atoms with Crippen molar-refractivity contribution in [3.05, 3.63) is 12.2 Å². The molecule has 2 nitrogen and oxygen atoms in total. The molecule has 0 bridgehead atoms.